The minimum atomic E-state index is -0.423. The summed E-state index contributed by atoms with van der Waals surface area (Å²) in [5.41, 5.74) is 1.93. The number of halogens is 1. The zero-order chi connectivity index (χ0) is 24.2. The van der Waals surface area contributed by atoms with E-state index < -0.39 is 11.9 Å². The van der Waals surface area contributed by atoms with Gasteiger partial charge in [-0.25, -0.2) is 14.2 Å². The van der Waals surface area contributed by atoms with Crippen LogP contribution in [0, 0.1) is 12.7 Å². The Morgan fingerprint density at radius 1 is 1.12 bits per heavy atom. The van der Waals surface area contributed by atoms with Crippen molar-refractivity contribution in [2.75, 3.05) is 11.9 Å². The Labute approximate surface area is 198 Å². The summed E-state index contributed by atoms with van der Waals surface area (Å²) in [6.45, 7) is 3.90. The van der Waals surface area contributed by atoms with Gasteiger partial charge < -0.3 is 10.1 Å². The molecular formula is C25H22FN3O4S. The van der Waals surface area contributed by atoms with E-state index in [1.165, 1.54) is 34.4 Å². The molecule has 0 spiro atoms. The molecule has 9 heteroatoms. The molecule has 0 saturated heterocycles. The molecular weight excluding hydrogens is 457 g/mol. The first kappa shape index (κ1) is 23.3. The molecule has 2 aromatic heterocycles. The fourth-order valence-corrected chi connectivity index (χ4v) is 4.54. The third-order valence-electron chi connectivity index (χ3n) is 5.14. The second kappa shape index (κ2) is 9.96. The predicted octanol–water partition coefficient (Wildman–Crippen LogP) is 4.78. The summed E-state index contributed by atoms with van der Waals surface area (Å²) in [7, 11) is 0. The number of nitrogens with zero attached hydrogens (tertiary/aromatic N) is 2. The van der Waals surface area contributed by atoms with Gasteiger partial charge in [0.1, 0.15) is 17.2 Å². The Morgan fingerprint density at radius 2 is 1.82 bits per heavy atom. The molecule has 1 N–H and O–H groups in total. The Balaban J connectivity index is 1.54. The smallest absolute Gasteiger partial charge is 0.338 e. The minimum Gasteiger partial charge on any atom is -0.462 e. The minimum absolute atomic E-state index is 0.236. The number of carbonyl (C=O) groups excluding carboxylic acids is 2. The number of esters is 1. The average Bonchev–Trinajstić information content (AvgIpc) is 3.17. The van der Waals surface area contributed by atoms with Crippen LogP contribution in [0.15, 0.2) is 59.7 Å². The van der Waals surface area contributed by atoms with Gasteiger partial charge in [0.05, 0.1) is 23.9 Å². The van der Waals surface area contributed by atoms with Crippen LogP contribution in [-0.4, -0.2) is 28.0 Å². The predicted molar refractivity (Wildman–Crippen MR) is 130 cm³/mol. The third kappa shape index (κ3) is 4.89. The highest BCUT2D eigenvalue weighted by molar-refractivity contribution is 7.19. The van der Waals surface area contributed by atoms with Gasteiger partial charge in [-0.15, -0.1) is 11.3 Å². The van der Waals surface area contributed by atoms with Crippen LogP contribution >= 0.6 is 11.3 Å². The number of aromatic nitrogens is 2. The molecule has 0 unspecified atom stereocenters. The third-order valence-corrected chi connectivity index (χ3v) is 6.16. The lowest BCUT2D eigenvalue weighted by atomic mass is 10.0. The zero-order valence-electron chi connectivity index (χ0n) is 18.6. The van der Waals surface area contributed by atoms with Crippen molar-refractivity contribution < 1.29 is 18.7 Å². The molecule has 4 rings (SSSR count). The lowest BCUT2D eigenvalue weighted by Gasteiger charge is -2.09. The van der Waals surface area contributed by atoms with Gasteiger partial charge in [0.15, 0.2) is 0 Å². The van der Waals surface area contributed by atoms with E-state index in [9.17, 15) is 18.8 Å². The van der Waals surface area contributed by atoms with Crippen LogP contribution in [0.2, 0.25) is 0 Å². The van der Waals surface area contributed by atoms with Crippen molar-refractivity contribution in [1.82, 2.24) is 9.55 Å². The molecule has 7 nitrogen and oxygen atoms in total. The normalized spacial score (nSPS) is 10.9. The number of anilines is 1. The van der Waals surface area contributed by atoms with Crippen molar-refractivity contribution in [3.63, 3.8) is 0 Å². The Bertz CT molecular complexity index is 1410. The highest BCUT2D eigenvalue weighted by Crippen LogP contribution is 2.35. The van der Waals surface area contributed by atoms with Gasteiger partial charge in [-0.3, -0.25) is 14.2 Å². The fourth-order valence-electron chi connectivity index (χ4n) is 3.54. The summed E-state index contributed by atoms with van der Waals surface area (Å²) in [6.07, 6.45) is 2.08. The topological polar surface area (TPSA) is 90.3 Å². The van der Waals surface area contributed by atoms with E-state index in [1.807, 2.05) is 13.8 Å². The number of rotatable bonds is 7. The Kier molecular flexibility index (Phi) is 6.83. The van der Waals surface area contributed by atoms with E-state index in [4.69, 9.17) is 4.74 Å². The number of thiophene rings is 1. The van der Waals surface area contributed by atoms with Crippen molar-refractivity contribution in [3.05, 3.63) is 81.5 Å². The average molecular weight is 480 g/mol. The summed E-state index contributed by atoms with van der Waals surface area (Å²) < 4.78 is 19.7. The maximum Gasteiger partial charge on any atom is 0.338 e. The number of fused-ring (bicyclic) bond motifs is 1. The molecule has 2 heterocycles. The molecule has 0 bridgehead atoms. The number of aryl methyl sites for hydroxylation is 1. The first-order valence-corrected chi connectivity index (χ1v) is 11.5. The number of nitrogens with one attached hydrogen (secondary N) is 1. The summed E-state index contributed by atoms with van der Waals surface area (Å²) in [4.78, 5) is 43.5. The molecule has 0 aliphatic carbocycles. The molecule has 0 saturated carbocycles. The highest BCUT2D eigenvalue weighted by Gasteiger charge is 2.18. The van der Waals surface area contributed by atoms with E-state index in [1.54, 1.807) is 36.4 Å². The van der Waals surface area contributed by atoms with E-state index in [2.05, 4.69) is 10.3 Å². The first-order chi connectivity index (χ1) is 16.4. The van der Waals surface area contributed by atoms with Crippen LogP contribution in [0.4, 0.5) is 10.1 Å². The Morgan fingerprint density at radius 3 is 2.50 bits per heavy atom. The van der Waals surface area contributed by atoms with Gasteiger partial charge >= 0.3 is 5.97 Å². The van der Waals surface area contributed by atoms with Crippen LogP contribution in [0.25, 0.3) is 21.3 Å². The molecule has 0 aliphatic heterocycles. The van der Waals surface area contributed by atoms with Gasteiger partial charge in [-0.2, -0.15) is 0 Å². The maximum absolute atomic E-state index is 13.4. The van der Waals surface area contributed by atoms with Gasteiger partial charge in [-0.05, 0) is 55.3 Å². The van der Waals surface area contributed by atoms with Gasteiger partial charge in [0.2, 0.25) is 5.91 Å². The summed E-state index contributed by atoms with van der Waals surface area (Å²) in [6, 6.07) is 12.3. The number of benzene rings is 2. The number of hydrogen-bond donors (Lipinski definition) is 1. The number of ether oxygens (including phenoxy) is 1. The largest absolute Gasteiger partial charge is 0.462 e. The van der Waals surface area contributed by atoms with Crippen molar-refractivity contribution in [3.8, 4) is 11.1 Å². The molecule has 1 amide bonds. The van der Waals surface area contributed by atoms with E-state index in [0.29, 0.717) is 39.2 Å². The molecule has 4 aromatic rings. The standard InChI is InChI=1S/C25H22FN3O4S/c1-3-12-33-25(32)17-6-10-19(11-7-17)28-20(30)13-29-14-27-23-22(24(29)31)21(15(2)34-23)16-4-8-18(26)9-5-16/h4-11,14H,3,12-13H2,1-2H3,(H,28,30). The zero-order valence-corrected chi connectivity index (χ0v) is 19.4. The van der Waals surface area contributed by atoms with E-state index in [0.717, 1.165) is 11.3 Å². The van der Waals surface area contributed by atoms with Crippen LogP contribution < -0.4 is 10.9 Å². The second-order valence-corrected chi connectivity index (χ2v) is 8.86. The first-order valence-electron chi connectivity index (χ1n) is 10.7. The van der Waals surface area contributed by atoms with Crippen LogP contribution in [0.5, 0.6) is 0 Å². The second-order valence-electron chi connectivity index (χ2n) is 7.66. The maximum atomic E-state index is 13.4. The van der Waals surface area contributed by atoms with Crippen molar-refractivity contribution in [2.45, 2.75) is 26.8 Å². The number of hydrogen-bond acceptors (Lipinski definition) is 6. The van der Waals surface area contributed by atoms with Crippen molar-refractivity contribution >= 4 is 39.1 Å². The Hall–Kier alpha value is -3.85. The summed E-state index contributed by atoms with van der Waals surface area (Å²) >= 11 is 1.37. The number of carbonyl (C=O) groups is 2. The van der Waals surface area contributed by atoms with Crippen molar-refractivity contribution in [1.29, 1.82) is 0 Å². The summed E-state index contributed by atoms with van der Waals surface area (Å²) in [5, 5.41) is 3.12. The van der Waals surface area contributed by atoms with Gasteiger partial charge in [-0.1, -0.05) is 19.1 Å². The van der Waals surface area contributed by atoms with Crippen molar-refractivity contribution in [2.24, 2.45) is 0 Å². The lowest BCUT2D eigenvalue weighted by molar-refractivity contribution is -0.116. The van der Waals surface area contributed by atoms with Crippen LogP contribution in [0.3, 0.4) is 0 Å². The monoisotopic (exact) mass is 479 g/mol. The highest BCUT2D eigenvalue weighted by atomic mass is 32.1. The molecule has 0 atom stereocenters. The van der Waals surface area contributed by atoms with E-state index in [-0.39, 0.29) is 17.9 Å². The summed E-state index contributed by atoms with van der Waals surface area (Å²) in [5.74, 6) is -1.20. The van der Waals surface area contributed by atoms with E-state index >= 15 is 0 Å². The lowest BCUT2D eigenvalue weighted by Crippen LogP contribution is -2.27. The van der Waals surface area contributed by atoms with Gasteiger partial charge in [0, 0.05) is 16.1 Å². The SMILES string of the molecule is CCCOC(=O)c1ccc(NC(=O)Cn2cnc3sc(C)c(-c4ccc(F)cc4)c3c2=O)cc1. The molecule has 0 fully saturated rings. The van der Waals surface area contributed by atoms with Crippen LogP contribution in [-0.2, 0) is 16.1 Å². The number of amides is 1. The molecule has 0 aliphatic rings. The molecule has 0 radical (unpaired) electrons. The molecule has 34 heavy (non-hydrogen) atoms. The fraction of sp³-hybridized carbons (Fsp3) is 0.200. The molecule has 174 valence electrons. The van der Waals surface area contributed by atoms with Crippen LogP contribution in [0.1, 0.15) is 28.6 Å². The van der Waals surface area contributed by atoms with Gasteiger partial charge in [0.25, 0.3) is 5.56 Å². The molecule has 2 aromatic carbocycles. The quantitative estimate of drug-likeness (QED) is 0.386.